The van der Waals surface area contributed by atoms with E-state index in [1.165, 1.54) is 0 Å². The molecule has 1 aliphatic rings. The predicted molar refractivity (Wildman–Crippen MR) is 97.6 cm³/mol. The number of carbonyl (C=O) groups excluding carboxylic acids is 1. The van der Waals surface area contributed by atoms with E-state index in [4.69, 9.17) is 30.5 Å². The zero-order valence-electron chi connectivity index (χ0n) is 14.4. The summed E-state index contributed by atoms with van der Waals surface area (Å²) in [5.74, 6) is 2.49. The molecule has 2 aromatic carbocycles. The highest BCUT2D eigenvalue weighted by Crippen LogP contribution is 2.38. The standard InChI is InChI=1S/C19H20ClNO5/c1-23-14-2-4-15(5-3-14)24-7-6-21-18(22)12-13-10-16(20)19-17(11-13)25-8-9-26-19/h2-5,10-11H,6-9,12H2,1H3,(H,21,22). The third-order valence-electron chi connectivity index (χ3n) is 3.77. The first kappa shape index (κ1) is 18.2. The molecule has 0 saturated heterocycles. The minimum Gasteiger partial charge on any atom is -0.497 e. The number of halogens is 1. The summed E-state index contributed by atoms with van der Waals surface area (Å²) in [4.78, 5) is 12.1. The van der Waals surface area contributed by atoms with Gasteiger partial charge in [0.05, 0.1) is 25.1 Å². The second-order valence-corrected chi connectivity index (χ2v) is 6.06. The van der Waals surface area contributed by atoms with Gasteiger partial charge in [0.25, 0.3) is 0 Å². The van der Waals surface area contributed by atoms with E-state index in [9.17, 15) is 4.79 Å². The molecule has 26 heavy (non-hydrogen) atoms. The van der Waals surface area contributed by atoms with Gasteiger partial charge in [0.15, 0.2) is 11.5 Å². The van der Waals surface area contributed by atoms with Gasteiger partial charge in [-0.2, -0.15) is 0 Å². The van der Waals surface area contributed by atoms with E-state index >= 15 is 0 Å². The van der Waals surface area contributed by atoms with Crippen molar-refractivity contribution in [2.24, 2.45) is 0 Å². The van der Waals surface area contributed by atoms with Gasteiger partial charge in [-0.3, -0.25) is 4.79 Å². The van der Waals surface area contributed by atoms with E-state index in [0.29, 0.717) is 42.9 Å². The first-order chi connectivity index (χ1) is 12.7. The normalized spacial score (nSPS) is 12.4. The highest BCUT2D eigenvalue weighted by atomic mass is 35.5. The van der Waals surface area contributed by atoms with Crippen LogP contribution in [-0.4, -0.2) is 39.4 Å². The molecular formula is C19H20ClNO5. The number of hydrogen-bond donors (Lipinski definition) is 1. The molecule has 0 spiro atoms. The molecule has 0 saturated carbocycles. The van der Waals surface area contributed by atoms with Gasteiger partial charge in [-0.15, -0.1) is 0 Å². The van der Waals surface area contributed by atoms with Crippen LogP contribution in [0.5, 0.6) is 23.0 Å². The SMILES string of the molecule is COc1ccc(OCCNC(=O)Cc2cc(Cl)c3c(c2)OCCO3)cc1. The molecule has 7 heteroatoms. The monoisotopic (exact) mass is 377 g/mol. The Morgan fingerprint density at radius 1 is 1.15 bits per heavy atom. The molecule has 0 radical (unpaired) electrons. The van der Waals surface area contributed by atoms with Gasteiger partial charge < -0.3 is 24.3 Å². The van der Waals surface area contributed by atoms with Crippen molar-refractivity contribution in [2.45, 2.75) is 6.42 Å². The quantitative estimate of drug-likeness (QED) is 0.751. The van der Waals surface area contributed by atoms with E-state index < -0.39 is 0 Å². The fourth-order valence-corrected chi connectivity index (χ4v) is 2.83. The molecule has 1 aliphatic heterocycles. The number of carbonyl (C=O) groups is 1. The van der Waals surface area contributed by atoms with Crippen molar-refractivity contribution in [3.05, 3.63) is 47.0 Å². The molecule has 0 unspecified atom stereocenters. The maximum absolute atomic E-state index is 12.1. The number of fused-ring (bicyclic) bond motifs is 1. The Morgan fingerprint density at radius 3 is 2.65 bits per heavy atom. The minimum absolute atomic E-state index is 0.115. The van der Waals surface area contributed by atoms with Crippen LogP contribution in [-0.2, 0) is 11.2 Å². The van der Waals surface area contributed by atoms with E-state index in [-0.39, 0.29) is 12.3 Å². The van der Waals surface area contributed by atoms with Crippen molar-refractivity contribution in [3.8, 4) is 23.0 Å². The summed E-state index contributed by atoms with van der Waals surface area (Å²) >= 11 is 6.18. The molecule has 0 fully saturated rings. The Labute approximate surface area is 157 Å². The van der Waals surface area contributed by atoms with E-state index in [1.54, 1.807) is 19.2 Å². The highest BCUT2D eigenvalue weighted by Gasteiger charge is 2.17. The topological polar surface area (TPSA) is 66.0 Å². The smallest absolute Gasteiger partial charge is 0.224 e. The summed E-state index contributed by atoms with van der Waals surface area (Å²) in [5, 5.41) is 3.27. The van der Waals surface area contributed by atoms with Crippen LogP contribution < -0.4 is 24.3 Å². The second-order valence-electron chi connectivity index (χ2n) is 5.65. The lowest BCUT2D eigenvalue weighted by Gasteiger charge is -2.20. The molecule has 1 heterocycles. The molecule has 138 valence electrons. The van der Waals surface area contributed by atoms with Gasteiger partial charge in [-0.25, -0.2) is 0 Å². The minimum atomic E-state index is -0.115. The number of amides is 1. The lowest BCUT2D eigenvalue weighted by Crippen LogP contribution is -2.29. The van der Waals surface area contributed by atoms with Gasteiger partial charge >= 0.3 is 0 Å². The zero-order valence-corrected chi connectivity index (χ0v) is 15.2. The average Bonchev–Trinajstić information content (AvgIpc) is 2.66. The largest absolute Gasteiger partial charge is 0.497 e. The van der Waals surface area contributed by atoms with Crippen LogP contribution in [0.15, 0.2) is 36.4 Å². The second kappa shape index (κ2) is 8.67. The molecule has 0 aliphatic carbocycles. The Hall–Kier alpha value is -2.60. The van der Waals surface area contributed by atoms with E-state index in [2.05, 4.69) is 5.32 Å². The van der Waals surface area contributed by atoms with Crippen molar-refractivity contribution in [1.82, 2.24) is 5.32 Å². The van der Waals surface area contributed by atoms with Crippen LogP contribution in [0.2, 0.25) is 5.02 Å². The third-order valence-corrected chi connectivity index (χ3v) is 4.05. The lowest BCUT2D eigenvalue weighted by atomic mass is 10.1. The summed E-state index contributed by atoms with van der Waals surface area (Å²) in [6.07, 6.45) is 0.207. The molecule has 0 aromatic heterocycles. The van der Waals surface area contributed by atoms with Crippen molar-refractivity contribution < 1.29 is 23.7 Å². The molecule has 1 N–H and O–H groups in total. The Balaban J connectivity index is 1.44. The zero-order chi connectivity index (χ0) is 18.4. The van der Waals surface area contributed by atoms with Crippen molar-refractivity contribution in [3.63, 3.8) is 0 Å². The van der Waals surface area contributed by atoms with Crippen LogP contribution in [0.4, 0.5) is 0 Å². The fourth-order valence-electron chi connectivity index (χ4n) is 2.55. The lowest BCUT2D eigenvalue weighted by molar-refractivity contribution is -0.120. The number of rotatable bonds is 7. The number of benzene rings is 2. The van der Waals surface area contributed by atoms with E-state index in [1.807, 2.05) is 24.3 Å². The summed E-state index contributed by atoms with van der Waals surface area (Å²) in [6.45, 7) is 1.73. The van der Waals surface area contributed by atoms with Gasteiger partial charge in [0.2, 0.25) is 5.91 Å². The Kier molecular flexibility index (Phi) is 6.07. The summed E-state index contributed by atoms with van der Waals surface area (Å²) < 4.78 is 21.6. The van der Waals surface area contributed by atoms with Gasteiger partial charge in [-0.05, 0) is 42.0 Å². The van der Waals surface area contributed by atoms with Crippen molar-refractivity contribution >= 4 is 17.5 Å². The first-order valence-corrected chi connectivity index (χ1v) is 8.65. The molecular weight excluding hydrogens is 358 g/mol. The third kappa shape index (κ3) is 4.73. The molecule has 0 atom stereocenters. The molecule has 6 nitrogen and oxygen atoms in total. The summed E-state index contributed by atoms with van der Waals surface area (Å²) in [7, 11) is 1.61. The van der Waals surface area contributed by atoms with E-state index in [0.717, 1.165) is 17.1 Å². The maximum Gasteiger partial charge on any atom is 0.224 e. The van der Waals surface area contributed by atoms with Crippen LogP contribution in [0.25, 0.3) is 0 Å². The van der Waals surface area contributed by atoms with Crippen LogP contribution >= 0.6 is 11.6 Å². The number of hydrogen-bond acceptors (Lipinski definition) is 5. The first-order valence-electron chi connectivity index (χ1n) is 8.27. The summed E-state index contributed by atoms with van der Waals surface area (Å²) in [6, 6.07) is 10.8. The molecule has 1 amide bonds. The van der Waals surface area contributed by atoms with Crippen LogP contribution in [0.1, 0.15) is 5.56 Å². The van der Waals surface area contributed by atoms with Crippen molar-refractivity contribution in [2.75, 3.05) is 33.5 Å². The number of ether oxygens (including phenoxy) is 4. The van der Waals surface area contributed by atoms with Crippen LogP contribution in [0, 0.1) is 0 Å². The van der Waals surface area contributed by atoms with Crippen molar-refractivity contribution in [1.29, 1.82) is 0 Å². The Bertz CT molecular complexity index is 763. The highest BCUT2D eigenvalue weighted by molar-refractivity contribution is 6.32. The molecule has 3 rings (SSSR count). The maximum atomic E-state index is 12.1. The van der Waals surface area contributed by atoms with Crippen LogP contribution in [0.3, 0.4) is 0 Å². The predicted octanol–water partition coefficient (Wildman–Crippen LogP) is 2.86. The Morgan fingerprint density at radius 2 is 1.88 bits per heavy atom. The van der Waals surface area contributed by atoms with Gasteiger partial charge in [0.1, 0.15) is 31.3 Å². The summed E-state index contributed by atoms with van der Waals surface area (Å²) in [5.41, 5.74) is 0.771. The van der Waals surface area contributed by atoms with Gasteiger partial charge in [-0.1, -0.05) is 11.6 Å². The molecule has 2 aromatic rings. The molecule has 0 bridgehead atoms. The fraction of sp³-hybridized carbons (Fsp3) is 0.316. The van der Waals surface area contributed by atoms with Gasteiger partial charge in [0, 0.05) is 0 Å². The number of nitrogens with one attached hydrogen (secondary N) is 1. The average molecular weight is 378 g/mol. The number of methoxy groups -OCH3 is 1.